The number of nitrogens with one attached hydrogen (secondary N) is 1. The van der Waals surface area contributed by atoms with E-state index >= 15 is 0 Å². The Balaban J connectivity index is 1.76. The van der Waals surface area contributed by atoms with Gasteiger partial charge in [-0.05, 0) is 64.6 Å². The van der Waals surface area contributed by atoms with Gasteiger partial charge in [-0.15, -0.1) is 0 Å². The Bertz CT molecular complexity index is 1230. The van der Waals surface area contributed by atoms with Crippen molar-refractivity contribution >= 4 is 11.7 Å². The van der Waals surface area contributed by atoms with Crippen LogP contribution in [-0.4, -0.2) is 18.8 Å². The lowest BCUT2D eigenvalue weighted by Gasteiger charge is -2.42. The van der Waals surface area contributed by atoms with E-state index in [1.807, 2.05) is 36.4 Å². The Kier molecular flexibility index (Phi) is 6.82. The lowest BCUT2D eigenvalue weighted by molar-refractivity contribution is 0.0537. The molecule has 1 aliphatic carbocycles. The van der Waals surface area contributed by atoms with Crippen LogP contribution in [0.25, 0.3) is 0 Å². The largest absolute Gasteiger partial charge is 0.488 e. The lowest BCUT2D eigenvalue weighted by Crippen LogP contribution is -2.34. The predicted octanol–water partition coefficient (Wildman–Crippen LogP) is 6.14. The highest BCUT2D eigenvalue weighted by atomic mass is 16.6. The second kappa shape index (κ2) is 9.67. The molecular weight excluding hydrogens is 438 g/mol. The number of ether oxygens (including phenoxy) is 1. The number of hydrogen-bond donors (Lipinski definition) is 1. The summed E-state index contributed by atoms with van der Waals surface area (Å²) in [6.45, 7) is 9.37. The molecule has 5 nitrogen and oxygen atoms in total. The van der Waals surface area contributed by atoms with Gasteiger partial charge in [0.05, 0.1) is 12.7 Å². The number of benzene rings is 3. The van der Waals surface area contributed by atoms with E-state index in [9.17, 15) is 9.59 Å². The minimum absolute atomic E-state index is 0.00630. The first-order valence-electron chi connectivity index (χ1n) is 12.0. The van der Waals surface area contributed by atoms with Crippen LogP contribution >= 0.6 is 0 Å². The molecular formula is C30H33NO4. The van der Waals surface area contributed by atoms with Crippen LogP contribution in [0.4, 0.5) is 0 Å². The van der Waals surface area contributed by atoms with Gasteiger partial charge in [-0.2, -0.15) is 0 Å². The minimum atomic E-state index is -0.365. The van der Waals surface area contributed by atoms with Crippen molar-refractivity contribution in [1.82, 2.24) is 5.48 Å². The van der Waals surface area contributed by atoms with E-state index in [0.717, 1.165) is 18.4 Å². The van der Waals surface area contributed by atoms with E-state index < -0.39 is 0 Å². The average Bonchev–Trinajstić information content (AvgIpc) is 2.85. The zero-order chi connectivity index (χ0) is 25.2. The zero-order valence-corrected chi connectivity index (χ0v) is 21.1. The quantitative estimate of drug-likeness (QED) is 0.332. The number of carbonyl (C=O) groups excluding carboxylic acids is 2. The van der Waals surface area contributed by atoms with Gasteiger partial charge < -0.3 is 4.74 Å². The summed E-state index contributed by atoms with van der Waals surface area (Å²) in [6, 6.07) is 20.6. The maximum Gasteiger partial charge on any atom is 0.274 e. The molecule has 3 aromatic carbocycles. The van der Waals surface area contributed by atoms with Crippen LogP contribution in [0.15, 0.2) is 66.7 Å². The van der Waals surface area contributed by atoms with Gasteiger partial charge in [0.15, 0.2) is 5.78 Å². The molecule has 0 radical (unpaired) electrons. The molecule has 1 amide bonds. The van der Waals surface area contributed by atoms with Crippen LogP contribution in [0.1, 0.15) is 83.5 Å². The summed E-state index contributed by atoms with van der Waals surface area (Å²) >= 11 is 0. The van der Waals surface area contributed by atoms with E-state index in [1.54, 1.807) is 24.3 Å². The molecule has 0 spiro atoms. The van der Waals surface area contributed by atoms with Gasteiger partial charge in [0, 0.05) is 11.1 Å². The fourth-order valence-electron chi connectivity index (χ4n) is 4.71. The number of carbonyl (C=O) groups is 2. The Hall–Kier alpha value is -3.44. The highest BCUT2D eigenvalue weighted by Crippen LogP contribution is 2.48. The molecule has 0 atom stereocenters. The van der Waals surface area contributed by atoms with Crippen molar-refractivity contribution in [3.05, 3.63) is 100 Å². The molecule has 0 unspecified atom stereocenters. The summed E-state index contributed by atoms with van der Waals surface area (Å²) in [4.78, 5) is 30.5. The summed E-state index contributed by atoms with van der Waals surface area (Å²) in [5, 5.41) is 0. The summed E-state index contributed by atoms with van der Waals surface area (Å²) in [5.41, 5.74) is 7.16. The molecule has 35 heavy (non-hydrogen) atoms. The van der Waals surface area contributed by atoms with Gasteiger partial charge in [-0.1, -0.05) is 70.2 Å². The fraction of sp³-hybridized carbons (Fsp3) is 0.333. The van der Waals surface area contributed by atoms with Gasteiger partial charge in [0.1, 0.15) is 12.4 Å². The smallest absolute Gasteiger partial charge is 0.274 e. The molecule has 0 fully saturated rings. The van der Waals surface area contributed by atoms with Crippen molar-refractivity contribution in [3.63, 3.8) is 0 Å². The Morgan fingerprint density at radius 3 is 2.00 bits per heavy atom. The zero-order valence-electron chi connectivity index (χ0n) is 21.1. The van der Waals surface area contributed by atoms with Crippen molar-refractivity contribution in [2.75, 3.05) is 7.11 Å². The van der Waals surface area contributed by atoms with Crippen molar-refractivity contribution in [2.45, 2.75) is 58.0 Å². The number of rotatable bonds is 7. The first-order chi connectivity index (χ1) is 16.6. The third-order valence-electron chi connectivity index (χ3n) is 7.04. The molecule has 5 heteroatoms. The van der Waals surface area contributed by atoms with Gasteiger partial charge >= 0.3 is 0 Å². The van der Waals surface area contributed by atoms with E-state index in [-0.39, 0.29) is 22.5 Å². The Morgan fingerprint density at radius 2 is 1.40 bits per heavy atom. The van der Waals surface area contributed by atoms with Gasteiger partial charge in [0.25, 0.3) is 5.91 Å². The molecule has 0 saturated carbocycles. The predicted molar refractivity (Wildman–Crippen MR) is 137 cm³/mol. The maximum atomic E-state index is 13.7. The molecule has 1 aliphatic rings. The maximum absolute atomic E-state index is 13.7. The molecule has 1 N–H and O–H groups in total. The van der Waals surface area contributed by atoms with Gasteiger partial charge in [-0.3, -0.25) is 14.4 Å². The highest BCUT2D eigenvalue weighted by Gasteiger charge is 2.38. The number of ketones is 1. The van der Waals surface area contributed by atoms with Crippen LogP contribution in [0.3, 0.4) is 0 Å². The molecule has 0 aliphatic heterocycles. The van der Waals surface area contributed by atoms with Gasteiger partial charge in [-0.25, -0.2) is 5.48 Å². The molecule has 0 aromatic heterocycles. The monoisotopic (exact) mass is 471 g/mol. The highest BCUT2D eigenvalue weighted by molar-refractivity contribution is 6.11. The van der Waals surface area contributed by atoms with E-state index in [1.165, 1.54) is 18.2 Å². The Morgan fingerprint density at radius 1 is 0.829 bits per heavy atom. The molecule has 0 saturated heterocycles. The first kappa shape index (κ1) is 24.7. The molecule has 182 valence electrons. The molecule has 3 aromatic rings. The third-order valence-corrected chi connectivity index (χ3v) is 7.04. The topological polar surface area (TPSA) is 64.6 Å². The second-order valence-corrected chi connectivity index (χ2v) is 10.5. The second-order valence-electron chi connectivity index (χ2n) is 10.5. The molecule has 4 rings (SSSR count). The van der Waals surface area contributed by atoms with Crippen LogP contribution in [0.5, 0.6) is 5.75 Å². The lowest BCUT2D eigenvalue weighted by atomic mass is 9.62. The number of amides is 1. The van der Waals surface area contributed by atoms with Gasteiger partial charge in [0.2, 0.25) is 0 Å². The summed E-state index contributed by atoms with van der Waals surface area (Å²) in [6.07, 6.45) is 2.12. The van der Waals surface area contributed by atoms with Crippen molar-refractivity contribution in [1.29, 1.82) is 0 Å². The van der Waals surface area contributed by atoms with Crippen LogP contribution < -0.4 is 10.2 Å². The minimum Gasteiger partial charge on any atom is -0.488 e. The summed E-state index contributed by atoms with van der Waals surface area (Å²) in [7, 11) is 1.38. The van der Waals surface area contributed by atoms with Crippen LogP contribution in [-0.2, 0) is 22.3 Å². The Labute approximate surface area is 207 Å². The van der Waals surface area contributed by atoms with Crippen molar-refractivity contribution < 1.29 is 19.2 Å². The molecule has 0 heterocycles. The van der Waals surface area contributed by atoms with E-state index in [0.29, 0.717) is 29.0 Å². The number of hydroxylamine groups is 1. The summed E-state index contributed by atoms with van der Waals surface area (Å²) < 4.78 is 6.29. The summed E-state index contributed by atoms with van der Waals surface area (Å²) in [5.74, 6) is 0.0921. The number of fused-ring (bicyclic) bond motifs is 1. The SMILES string of the molecule is CONC(=O)c1ccc(C(=O)c2cc3c(cc2OCc2ccccc2)C(C)(C)CCC3(C)C)cc1. The fourth-order valence-corrected chi connectivity index (χ4v) is 4.71. The normalized spacial score (nSPS) is 15.7. The first-order valence-corrected chi connectivity index (χ1v) is 12.0. The van der Waals surface area contributed by atoms with Crippen molar-refractivity contribution in [2.24, 2.45) is 0 Å². The van der Waals surface area contributed by atoms with Crippen molar-refractivity contribution in [3.8, 4) is 5.75 Å². The van der Waals surface area contributed by atoms with E-state index in [2.05, 4.69) is 39.2 Å². The van der Waals surface area contributed by atoms with Crippen LogP contribution in [0.2, 0.25) is 0 Å². The standard InChI is InChI=1S/C30H33NO4/c1-29(2)15-16-30(3,4)25-18-26(35-19-20-9-7-6-8-10-20)23(17-24(25)29)27(32)21-11-13-22(14-12-21)28(33)31-34-5/h6-14,17-18H,15-16,19H2,1-5H3,(H,31,33). The average molecular weight is 472 g/mol. The molecule has 0 bridgehead atoms. The van der Waals surface area contributed by atoms with E-state index in [4.69, 9.17) is 9.57 Å². The number of hydrogen-bond acceptors (Lipinski definition) is 4. The van der Waals surface area contributed by atoms with Crippen LogP contribution in [0, 0.1) is 0 Å². The third kappa shape index (κ3) is 5.15.